The van der Waals surface area contributed by atoms with E-state index < -0.39 is 0 Å². The van der Waals surface area contributed by atoms with Gasteiger partial charge in [0.25, 0.3) is 0 Å². The van der Waals surface area contributed by atoms with Crippen LogP contribution >= 0.6 is 11.8 Å². The quantitative estimate of drug-likeness (QED) is 0.332. The van der Waals surface area contributed by atoms with Crippen molar-refractivity contribution >= 4 is 17.4 Å². The van der Waals surface area contributed by atoms with E-state index in [1.807, 2.05) is 41.9 Å². The largest absolute Gasteiger partial charge is 0.356 e. The van der Waals surface area contributed by atoms with Crippen LogP contribution in [0.5, 0.6) is 0 Å². The zero-order chi connectivity index (χ0) is 19.5. The average Bonchev–Trinajstić information content (AvgIpc) is 3.38. The van der Waals surface area contributed by atoms with Crippen LogP contribution in [0.4, 0.5) is 5.69 Å². The van der Waals surface area contributed by atoms with E-state index in [9.17, 15) is 0 Å². The molecule has 0 amide bonds. The van der Waals surface area contributed by atoms with Crippen LogP contribution < -0.4 is 0 Å². The molecule has 0 unspecified atom stereocenters. The number of rotatable bonds is 5. The summed E-state index contributed by atoms with van der Waals surface area (Å²) < 4.78 is 7.49. The van der Waals surface area contributed by atoms with Crippen molar-refractivity contribution in [2.75, 3.05) is 0 Å². The summed E-state index contributed by atoms with van der Waals surface area (Å²) in [7, 11) is 1.94. The molecule has 0 aliphatic rings. The fourth-order valence-electron chi connectivity index (χ4n) is 2.80. The SMILES string of the molecule is [C-]#[N+]c1ccc(-c2cc(-c3cccc([C@H](C)Sc4nncn4C)c3)on2)cc1. The van der Waals surface area contributed by atoms with Gasteiger partial charge in [0.15, 0.2) is 16.6 Å². The van der Waals surface area contributed by atoms with Crippen LogP contribution in [-0.2, 0) is 7.05 Å². The number of hydrogen-bond donors (Lipinski definition) is 0. The third-order valence-corrected chi connectivity index (χ3v) is 5.60. The first-order valence-corrected chi connectivity index (χ1v) is 9.57. The minimum atomic E-state index is 0.214. The van der Waals surface area contributed by atoms with Gasteiger partial charge in [0.1, 0.15) is 12.0 Å². The molecule has 7 heteroatoms. The summed E-state index contributed by atoms with van der Waals surface area (Å²) in [6.45, 7) is 9.19. The Hall–Kier alpha value is -3.37. The summed E-state index contributed by atoms with van der Waals surface area (Å²) in [6.07, 6.45) is 1.70. The van der Waals surface area contributed by atoms with E-state index in [4.69, 9.17) is 11.1 Å². The van der Waals surface area contributed by atoms with E-state index in [1.165, 1.54) is 5.56 Å². The van der Waals surface area contributed by atoms with Gasteiger partial charge in [-0.3, -0.25) is 0 Å². The number of benzene rings is 2. The highest BCUT2D eigenvalue weighted by Gasteiger charge is 2.14. The Morgan fingerprint density at radius 2 is 1.93 bits per heavy atom. The number of nitrogens with zero attached hydrogens (tertiary/aromatic N) is 5. The van der Waals surface area contributed by atoms with Crippen molar-refractivity contribution < 1.29 is 4.52 Å². The molecule has 138 valence electrons. The molecule has 2 aromatic carbocycles. The highest BCUT2D eigenvalue weighted by Crippen LogP contribution is 2.35. The molecule has 0 spiro atoms. The minimum absolute atomic E-state index is 0.214. The van der Waals surface area contributed by atoms with Gasteiger partial charge in [0.2, 0.25) is 0 Å². The normalized spacial score (nSPS) is 11.9. The van der Waals surface area contributed by atoms with Crippen molar-refractivity contribution in [2.24, 2.45) is 7.05 Å². The highest BCUT2D eigenvalue weighted by atomic mass is 32.2. The van der Waals surface area contributed by atoms with E-state index in [-0.39, 0.29) is 5.25 Å². The second kappa shape index (κ2) is 7.71. The Morgan fingerprint density at radius 1 is 1.11 bits per heavy atom. The molecule has 4 aromatic rings. The van der Waals surface area contributed by atoms with Crippen LogP contribution in [-0.4, -0.2) is 19.9 Å². The topological polar surface area (TPSA) is 61.1 Å². The van der Waals surface area contributed by atoms with Crippen molar-refractivity contribution in [3.8, 4) is 22.6 Å². The molecular formula is C21H17N5OS. The minimum Gasteiger partial charge on any atom is -0.356 e. The zero-order valence-electron chi connectivity index (χ0n) is 15.4. The van der Waals surface area contributed by atoms with E-state index in [1.54, 1.807) is 30.2 Å². The molecule has 6 nitrogen and oxygen atoms in total. The van der Waals surface area contributed by atoms with E-state index >= 15 is 0 Å². The van der Waals surface area contributed by atoms with E-state index in [0.717, 1.165) is 22.0 Å². The van der Waals surface area contributed by atoms with Crippen molar-refractivity contribution in [1.29, 1.82) is 0 Å². The van der Waals surface area contributed by atoms with E-state index in [0.29, 0.717) is 11.4 Å². The number of thioether (sulfide) groups is 1. The maximum Gasteiger partial charge on any atom is 0.191 e. The van der Waals surface area contributed by atoms with Crippen molar-refractivity contribution in [3.05, 3.63) is 77.9 Å². The van der Waals surface area contributed by atoms with Crippen molar-refractivity contribution in [1.82, 2.24) is 19.9 Å². The molecule has 1 atom stereocenters. The van der Waals surface area contributed by atoms with Crippen LogP contribution in [0.15, 0.2) is 70.6 Å². The predicted molar refractivity (Wildman–Crippen MR) is 109 cm³/mol. The molecule has 0 radical (unpaired) electrons. The van der Waals surface area contributed by atoms with Gasteiger partial charge >= 0.3 is 0 Å². The third kappa shape index (κ3) is 3.68. The van der Waals surface area contributed by atoms with Crippen LogP contribution in [0.3, 0.4) is 0 Å². The van der Waals surface area contributed by atoms with Crippen LogP contribution in [0.25, 0.3) is 27.4 Å². The maximum absolute atomic E-state index is 7.04. The van der Waals surface area contributed by atoms with Crippen LogP contribution in [0, 0.1) is 6.57 Å². The molecule has 0 saturated heterocycles. The molecule has 0 bridgehead atoms. The van der Waals surface area contributed by atoms with Gasteiger partial charge in [0.05, 0.1) is 6.57 Å². The molecule has 4 rings (SSSR count). The average molecular weight is 387 g/mol. The van der Waals surface area contributed by atoms with Crippen molar-refractivity contribution in [3.63, 3.8) is 0 Å². The van der Waals surface area contributed by atoms with Gasteiger partial charge in [-0.2, -0.15) is 0 Å². The summed E-state index contributed by atoms with van der Waals surface area (Å²) in [5.41, 5.74) is 4.42. The first-order chi connectivity index (χ1) is 13.6. The Morgan fingerprint density at radius 3 is 2.64 bits per heavy atom. The zero-order valence-corrected chi connectivity index (χ0v) is 16.2. The summed E-state index contributed by atoms with van der Waals surface area (Å²) in [4.78, 5) is 3.41. The number of aryl methyl sites for hydroxylation is 1. The molecule has 0 saturated carbocycles. The molecule has 0 aliphatic heterocycles. The van der Waals surface area contributed by atoms with Gasteiger partial charge in [-0.15, -0.1) is 10.2 Å². The molecule has 0 N–H and O–H groups in total. The standard InChI is InChI=1S/C21H17N5OS/c1-14(28-21-24-23-13-26(21)3)16-5-4-6-17(11-16)20-12-19(25-27-20)15-7-9-18(22-2)10-8-15/h4-14H,1,3H3/t14-/m0/s1. The first-order valence-electron chi connectivity index (χ1n) is 8.69. The molecule has 2 aromatic heterocycles. The summed E-state index contributed by atoms with van der Waals surface area (Å²) in [5, 5.41) is 13.3. The Kier molecular flexibility index (Phi) is 4.96. The first kappa shape index (κ1) is 18.0. The van der Waals surface area contributed by atoms with Crippen molar-refractivity contribution in [2.45, 2.75) is 17.3 Å². The monoisotopic (exact) mass is 387 g/mol. The predicted octanol–water partition coefficient (Wildman–Crippen LogP) is 5.54. The lowest BCUT2D eigenvalue weighted by Crippen LogP contribution is -1.94. The molecule has 2 heterocycles. The van der Waals surface area contributed by atoms with Gasteiger partial charge < -0.3 is 9.09 Å². The summed E-state index contributed by atoms with van der Waals surface area (Å²) in [6, 6.07) is 17.5. The Bertz CT molecular complexity index is 1140. The third-order valence-electron chi connectivity index (χ3n) is 4.39. The summed E-state index contributed by atoms with van der Waals surface area (Å²) in [5.74, 6) is 0.710. The second-order valence-corrected chi connectivity index (χ2v) is 7.65. The molecule has 28 heavy (non-hydrogen) atoms. The number of hydrogen-bond acceptors (Lipinski definition) is 5. The molecular weight excluding hydrogens is 370 g/mol. The Balaban J connectivity index is 1.57. The van der Waals surface area contributed by atoms with E-state index in [2.05, 4.69) is 39.3 Å². The Labute approximate surface area is 167 Å². The van der Waals surface area contributed by atoms with Gasteiger partial charge in [-0.05, 0) is 18.6 Å². The second-order valence-electron chi connectivity index (χ2n) is 6.35. The van der Waals surface area contributed by atoms with Gasteiger partial charge in [-0.1, -0.05) is 59.4 Å². The lowest BCUT2D eigenvalue weighted by atomic mass is 10.1. The molecule has 0 fully saturated rings. The smallest absolute Gasteiger partial charge is 0.191 e. The molecule has 0 aliphatic carbocycles. The fourth-order valence-corrected chi connectivity index (χ4v) is 3.71. The van der Waals surface area contributed by atoms with Crippen LogP contribution in [0.2, 0.25) is 0 Å². The lowest BCUT2D eigenvalue weighted by Gasteiger charge is -2.11. The maximum atomic E-state index is 7.04. The summed E-state index contributed by atoms with van der Waals surface area (Å²) >= 11 is 1.66. The lowest BCUT2D eigenvalue weighted by molar-refractivity contribution is 0.435. The fraction of sp³-hybridized carbons (Fsp3) is 0.143. The number of aromatic nitrogens is 4. The van der Waals surface area contributed by atoms with Crippen LogP contribution in [0.1, 0.15) is 17.7 Å². The van der Waals surface area contributed by atoms with Gasteiger partial charge in [-0.25, -0.2) is 4.85 Å². The van der Waals surface area contributed by atoms with Gasteiger partial charge in [0, 0.05) is 29.5 Å². The highest BCUT2D eigenvalue weighted by molar-refractivity contribution is 7.99.